The summed E-state index contributed by atoms with van der Waals surface area (Å²) in [4.78, 5) is 57.5. The lowest BCUT2D eigenvalue weighted by Crippen LogP contribution is -2.32. The van der Waals surface area contributed by atoms with Gasteiger partial charge in [-0.2, -0.15) is 0 Å². The molecule has 0 radical (unpaired) electrons. The van der Waals surface area contributed by atoms with Crippen LogP contribution in [0.4, 0.5) is 11.4 Å². The van der Waals surface area contributed by atoms with Crippen LogP contribution in [-0.4, -0.2) is 41.2 Å². The van der Waals surface area contributed by atoms with Gasteiger partial charge in [-0.15, -0.1) is 0 Å². The van der Waals surface area contributed by atoms with Crippen molar-refractivity contribution >= 4 is 78.9 Å². The minimum atomic E-state index is -0.742. The number of nitrogens with zero attached hydrogens (tertiary/aromatic N) is 1. The number of benzene rings is 4. The van der Waals surface area contributed by atoms with Crippen LogP contribution in [0.1, 0.15) is 23.3 Å². The van der Waals surface area contributed by atoms with Crippen LogP contribution in [0.2, 0.25) is 0 Å². The van der Waals surface area contributed by atoms with Crippen molar-refractivity contribution < 1.29 is 23.9 Å². The Hall–Kier alpha value is -4.39. The number of H-pyrrole nitrogens is 1. The number of thioether (sulfide) groups is 1. The van der Waals surface area contributed by atoms with Gasteiger partial charge in [-0.25, -0.2) is 4.90 Å². The first-order valence-electron chi connectivity index (χ1n) is 14.5. The molecule has 1 fully saturated rings. The first-order valence-corrected chi connectivity index (χ1v) is 17.0. The zero-order valence-corrected chi connectivity index (χ0v) is 27.5. The van der Waals surface area contributed by atoms with Crippen molar-refractivity contribution in [1.82, 2.24) is 4.98 Å². The Bertz CT molecular complexity index is 2060. The normalized spacial score (nSPS) is 18.7. The molecule has 1 aromatic heterocycles. The highest BCUT2D eigenvalue weighted by atomic mass is 79.9. The Morgan fingerprint density at radius 1 is 0.913 bits per heavy atom. The Labute approximate surface area is 280 Å². The predicted octanol–water partition coefficient (Wildman–Crippen LogP) is 6.56. The molecule has 12 heteroatoms. The lowest BCUT2D eigenvalue weighted by molar-refractivity contribution is -0.122. The third-order valence-electron chi connectivity index (χ3n) is 7.93. The van der Waals surface area contributed by atoms with Crippen molar-refractivity contribution in [2.45, 2.75) is 23.1 Å². The molecule has 46 heavy (non-hydrogen) atoms. The monoisotopic (exact) mass is 715 g/mol. The van der Waals surface area contributed by atoms with Crippen molar-refractivity contribution in [3.63, 3.8) is 0 Å². The summed E-state index contributed by atoms with van der Waals surface area (Å²) in [5, 5.41) is 4.82. The molecule has 0 saturated carbocycles. The van der Waals surface area contributed by atoms with Crippen molar-refractivity contribution in [3.05, 3.63) is 110 Å². The van der Waals surface area contributed by atoms with E-state index in [1.54, 1.807) is 42.5 Å². The van der Waals surface area contributed by atoms with Crippen LogP contribution in [0.3, 0.4) is 0 Å². The molecule has 7 rings (SSSR count). The van der Waals surface area contributed by atoms with Gasteiger partial charge in [0.1, 0.15) is 5.25 Å². The van der Waals surface area contributed by atoms with Gasteiger partial charge in [0.15, 0.2) is 18.1 Å². The molecule has 5 aromatic rings. The standard InChI is InChI=1S/C34H26BrN3O6S2/c1-2-43-25-16-20(8-14-24(25)44-17-26(39)36-22-11-7-18-5-3-4-6-19(18)15-22)27-28-30(45-31-29(27)46-34(42)37-31)33(41)38(32(28)40)23-12-9-21(35)10-13-23/h3-16,27-28,30H,2,17H2,1H3,(H,36,39)(H,37,42). The number of thiazole rings is 1. The Balaban J connectivity index is 1.16. The number of ether oxygens (including phenoxy) is 2. The number of imide groups is 1. The van der Waals surface area contributed by atoms with Crippen LogP contribution in [0.5, 0.6) is 11.5 Å². The van der Waals surface area contributed by atoms with Gasteiger partial charge < -0.3 is 19.8 Å². The summed E-state index contributed by atoms with van der Waals surface area (Å²) in [5.41, 5.74) is 1.85. The zero-order chi connectivity index (χ0) is 31.9. The van der Waals surface area contributed by atoms with E-state index in [2.05, 4.69) is 26.2 Å². The van der Waals surface area contributed by atoms with Crippen molar-refractivity contribution in [1.29, 1.82) is 0 Å². The van der Waals surface area contributed by atoms with Gasteiger partial charge in [0.25, 0.3) is 5.91 Å². The Kier molecular flexibility index (Phi) is 8.18. The molecule has 2 aliphatic heterocycles. The molecule has 4 aromatic carbocycles. The number of anilines is 2. The third kappa shape index (κ3) is 5.61. The summed E-state index contributed by atoms with van der Waals surface area (Å²) >= 11 is 5.67. The second-order valence-electron chi connectivity index (χ2n) is 10.8. The molecule has 0 aliphatic carbocycles. The quantitative estimate of drug-likeness (QED) is 0.175. The number of rotatable bonds is 8. The van der Waals surface area contributed by atoms with Crippen molar-refractivity contribution in [3.8, 4) is 11.5 Å². The van der Waals surface area contributed by atoms with Gasteiger partial charge in [-0.05, 0) is 71.8 Å². The molecule has 3 heterocycles. The van der Waals surface area contributed by atoms with E-state index in [0.717, 1.165) is 26.6 Å². The van der Waals surface area contributed by atoms with Crippen LogP contribution in [0.15, 0.2) is 99.2 Å². The molecule has 3 atom stereocenters. The first-order chi connectivity index (χ1) is 22.3. The van der Waals surface area contributed by atoms with E-state index in [1.807, 2.05) is 49.4 Å². The molecule has 2 N–H and O–H groups in total. The van der Waals surface area contributed by atoms with E-state index in [4.69, 9.17) is 9.47 Å². The van der Waals surface area contributed by atoms with Crippen LogP contribution in [0, 0.1) is 5.92 Å². The average molecular weight is 717 g/mol. The highest BCUT2D eigenvalue weighted by Gasteiger charge is 2.56. The highest BCUT2D eigenvalue weighted by molar-refractivity contribution is 9.10. The van der Waals surface area contributed by atoms with E-state index < -0.39 is 17.1 Å². The largest absolute Gasteiger partial charge is 0.490 e. The minimum absolute atomic E-state index is 0.254. The van der Waals surface area contributed by atoms with E-state index in [1.165, 1.54) is 16.7 Å². The summed E-state index contributed by atoms with van der Waals surface area (Å²) in [5.74, 6) is -1.56. The summed E-state index contributed by atoms with van der Waals surface area (Å²) in [6, 6.07) is 25.9. The molecule has 3 unspecified atom stereocenters. The fraction of sp³-hybridized carbons (Fsp3) is 0.176. The molecule has 3 amide bonds. The fourth-order valence-electron chi connectivity index (χ4n) is 5.93. The van der Waals surface area contributed by atoms with E-state index in [9.17, 15) is 19.2 Å². The van der Waals surface area contributed by atoms with Gasteiger partial charge in [0.2, 0.25) is 11.8 Å². The fourth-order valence-corrected chi connectivity index (χ4v) is 8.71. The van der Waals surface area contributed by atoms with Crippen molar-refractivity contribution in [2.75, 3.05) is 23.4 Å². The van der Waals surface area contributed by atoms with E-state index in [-0.39, 0.29) is 29.2 Å². The van der Waals surface area contributed by atoms with Gasteiger partial charge in [-0.3, -0.25) is 19.2 Å². The molecule has 0 bridgehead atoms. The van der Waals surface area contributed by atoms with Gasteiger partial charge in [-0.1, -0.05) is 75.4 Å². The molecule has 1 saturated heterocycles. The maximum atomic E-state index is 14.0. The Morgan fingerprint density at radius 3 is 2.48 bits per heavy atom. The van der Waals surface area contributed by atoms with Gasteiger partial charge in [0, 0.05) is 21.0 Å². The second-order valence-corrected chi connectivity index (χ2v) is 13.9. The summed E-state index contributed by atoms with van der Waals surface area (Å²) in [6.07, 6.45) is 0. The van der Waals surface area contributed by atoms with Crippen LogP contribution < -0.4 is 24.6 Å². The second kappa shape index (κ2) is 12.4. The molecule has 9 nitrogen and oxygen atoms in total. The zero-order valence-electron chi connectivity index (χ0n) is 24.3. The number of halogens is 1. The summed E-state index contributed by atoms with van der Waals surface area (Å²) in [6.45, 7) is 1.91. The number of aromatic amines is 1. The topological polar surface area (TPSA) is 118 Å². The highest BCUT2D eigenvalue weighted by Crippen LogP contribution is 2.53. The number of aromatic nitrogens is 1. The predicted molar refractivity (Wildman–Crippen MR) is 182 cm³/mol. The lowest BCUT2D eigenvalue weighted by Gasteiger charge is -2.30. The molecule has 0 spiro atoms. The van der Waals surface area contributed by atoms with Crippen LogP contribution >= 0.6 is 39.0 Å². The number of amides is 3. The number of nitrogens with one attached hydrogen (secondary N) is 2. The smallest absolute Gasteiger partial charge is 0.305 e. The number of carbonyl (C=O) groups excluding carboxylic acids is 3. The number of hydrogen-bond donors (Lipinski definition) is 2. The summed E-state index contributed by atoms with van der Waals surface area (Å²) in [7, 11) is 0. The van der Waals surface area contributed by atoms with Crippen molar-refractivity contribution in [2.24, 2.45) is 5.92 Å². The molecular formula is C34H26BrN3O6S2. The van der Waals surface area contributed by atoms with Crippen LogP contribution in [0.25, 0.3) is 10.8 Å². The molecule has 232 valence electrons. The lowest BCUT2D eigenvalue weighted by atomic mass is 9.83. The molecule has 2 aliphatic rings. The van der Waals surface area contributed by atoms with E-state index in [0.29, 0.717) is 44.9 Å². The van der Waals surface area contributed by atoms with Crippen LogP contribution in [-0.2, 0) is 14.4 Å². The minimum Gasteiger partial charge on any atom is -0.490 e. The SMILES string of the molecule is CCOc1cc(C2c3sc(=O)[nH]c3SC3C(=O)N(c4ccc(Br)cc4)C(=O)C32)ccc1OCC(=O)Nc1ccc2ccccc2c1. The maximum Gasteiger partial charge on any atom is 0.305 e. The summed E-state index contributed by atoms with van der Waals surface area (Å²) < 4.78 is 12.7. The average Bonchev–Trinajstić information content (AvgIpc) is 3.54. The Morgan fingerprint density at radius 2 is 1.70 bits per heavy atom. The van der Waals surface area contributed by atoms with E-state index >= 15 is 0 Å². The molecular weight excluding hydrogens is 690 g/mol. The first kappa shape index (κ1) is 30.3. The van der Waals surface area contributed by atoms with Gasteiger partial charge >= 0.3 is 4.87 Å². The number of fused-ring (bicyclic) bond motifs is 3. The number of hydrogen-bond acceptors (Lipinski definition) is 8. The third-order valence-corrected chi connectivity index (χ3v) is 10.9. The van der Waals surface area contributed by atoms with Gasteiger partial charge in [0.05, 0.1) is 23.2 Å². The number of carbonyl (C=O) groups is 3. The maximum absolute atomic E-state index is 14.0.